The molecule has 27 heavy (non-hydrogen) atoms. The van der Waals surface area contributed by atoms with Crippen molar-refractivity contribution in [3.05, 3.63) is 18.3 Å². The average Bonchev–Trinajstić information content (AvgIpc) is 2.72. The number of aromatic nitrogens is 2. The second-order valence-corrected chi connectivity index (χ2v) is 7.25. The third-order valence-corrected chi connectivity index (χ3v) is 5.64. The number of fused-ring (bicyclic) bond motifs is 1. The van der Waals surface area contributed by atoms with Gasteiger partial charge in [0.2, 0.25) is 5.91 Å². The fraction of sp³-hybridized carbons (Fsp3) is 0.550. The lowest BCUT2D eigenvalue weighted by atomic mass is 10.00. The van der Waals surface area contributed by atoms with E-state index in [4.69, 9.17) is 9.47 Å². The molecule has 4 rings (SSSR count). The molecule has 0 saturated carbocycles. The molecular weight excluding hydrogens is 344 g/mol. The number of anilines is 1. The van der Waals surface area contributed by atoms with Crippen LogP contribution in [-0.2, 0) is 4.79 Å². The van der Waals surface area contributed by atoms with E-state index < -0.39 is 0 Å². The smallest absolute Gasteiger partial charge is 0.222 e. The monoisotopic (exact) mass is 370 g/mol. The minimum absolute atomic E-state index is 0.253. The first-order chi connectivity index (χ1) is 13.2. The summed E-state index contributed by atoms with van der Waals surface area (Å²) in [6.07, 6.45) is 6.64. The van der Waals surface area contributed by atoms with Crippen molar-refractivity contribution in [2.24, 2.45) is 0 Å². The van der Waals surface area contributed by atoms with Gasteiger partial charge in [-0.1, -0.05) is 0 Å². The van der Waals surface area contributed by atoms with Crippen LogP contribution in [0.15, 0.2) is 18.3 Å². The van der Waals surface area contributed by atoms with Gasteiger partial charge in [-0.3, -0.25) is 4.79 Å². The van der Waals surface area contributed by atoms with E-state index in [9.17, 15) is 4.79 Å². The van der Waals surface area contributed by atoms with Gasteiger partial charge in [0.25, 0.3) is 0 Å². The zero-order valence-electron chi connectivity index (χ0n) is 16.0. The summed E-state index contributed by atoms with van der Waals surface area (Å²) in [5, 5.41) is 10.6. The van der Waals surface area contributed by atoms with E-state index in [0.717, 1.165) is 61.9 Å². The van der Waals surface area contributed by atoms with E-state index in [1.165, 1.54) is 0 Å². The number of rotatable bonds is 4. The van der Waals surface area contributed by atoms with Gasteiger partial charge in [0.15, 0.2) is 17.3 Å². The van der Waals surface area contributed by atoms with Crippen molar-refractivity contribution < 1.29 is 14.3 Å². The molecule has 0 bridgehead atoms. The molecule has 0 spiro atoms. The van der Waals surface area contributed by atoms with Crippen molar-refractivity contribution in [2.45, 2.75) is 38.1 Å². The minimum atomic E-state index is 0.253. The molecule has 1 amide bonds. The molecule has 2 aliphatic rings. The van der Waals surface area contributed by atoms with Gasteiger partial charge in [-0.05, 0) is 37.8 Å². The number of hydrogen-bond donors (Lipinski definition) is 0. The topological polar surface area (TPSA) is 67.8 Å². The molecule has 2 saturated heterocycles. The van der Waals surface area contributed by atoms with Crippen molar-refractivity contribution in [1.29, 1.82) is 0 Å². The maximum atomic E-state index is 12.4. The normalized spacial score (nSPS) is 20.8. The van der Waals surface area contributed by atoms with Crippen LogP contribution in [0.25, 0.3) is 10.8 Å². The lowest BCUT2D eigenvalue weighted by molar-refractivity contribution is -0.135. The van der Waals surface area contributed by atoms with Crippen molar-refractivity contribution in [2.75, 3.05) is 38.8 Å². The van der Waals surface area contributed by atoms with Crippen molar-refractivity contribution >= 4 is 22.5 Å². The number of benzene rings is 1. The Bertz CT molecular complexity index is 841. The zero-order chi connectivity index (χ0) is 18.8. The minimum Gasteiger partial charge on any atom is -0.493 e. The van der Waals surface area contributed by atoms with Crippen LogP contribution >= 0.6 is 0 Å². The molecule has 0 radical (unpaired) electrons. The largest absolute Gasteiger partial charge is 0.493 e. The SMILES string of the molecule is COc1cc2cnnc(N3CCCC(N4CCCCC4=O)C3)c2cc1OC. The van der Waals surface area contributed by atoms with Crippen LogP contribution in [0.2, 0.25) is 0 Å². The molecule has 144 valence electrons. The summed E-state index contributed by atoms with van der Waals surface area (Å²) in [5.74, 6) is 2.50. The molecule has 1 unspecified atom stereocenters. The lowest BCUT2D eigenvalue weighted by Crippen LogP contribution is -2.52. The van der Waals surface area contributed by atoms with E-state index in [0.29, 0.717) is 23.8 Å². The number of amides is 1. The fourth-order valence-corrected chi connectivity index (χ4v) is 4.24. The first-order valence-electron chi connectivity index (χ1n) is 9.63. The standard InChI is InChI=1S/C20H26N4O3/c1-26-17-10-14-12-21-22-20(16(14)11-18(17)27-2)23-8-5-6-15(13-23)24-9-4-3-7-19(24)25/h10-12,15H,3-9,13H2,1-2H3. The number of methoxy groups -OCH3 is 2. The van der Waals surface area contributed by atoms with Gasteiger partial charge < -0.3 is 19.3 Å². The Hall–Kier alpha value is -2.57. The van der Waals surface area contributed by atoms with E-state index in [1.54, 1.807) is 20.4 Å². The molecule has 1 atom stereocenters. The van der Waals surface area contributed by atoms with Crippen molar-refractivity contribution in [3.8, 4) is 11.5 Å². The Morgan fingerprint density at radius 2 is 1.89 bits per heavy atom. The zero-order valence-corrected chi connectivity index (χ0v) is 16.0. The summed E-state index contributed by atoms with van der Waals surface area (Å²) in [4.78, 5) is 16.7. The predicted octanol–water partition coefficient (Wildman–Crippen LogP) is 2.63. The maximum absolute atomic E-state index is 12.4. The lowest BCUT2D eigenvalue weighted by Gasteiger charge is -2.41. The maximum Gasteiger partial charge on any atom is 0.222 e. The number of nitrogens with zero attached hydrogens (tertiary/aromatic N) is 4. The van der Waals surface area contributed by atoms with Crippen LogP contribution in [0, 0.1) is 0 Å². The first kappa shape index (κ1) is 17.8. The summed E-state index contributed by atoms with van der Waals surface area (Å²) in [6, 6.07) is 4.15. The van der Waals surface area contributed by atoms with Crippen molar-refractivity contribution in [3.63, 3.8) is 0 Å². The number of hydrogen-bond acceptors (Lipinski definition) is 6. The van der Waals surface area contributed by atoms with Crippen LogP contribution in [-0.4, -0.2) is 60.9 Å². The molecule has 1 aromatic heterocycles. The van der Waals surface area contributed by atoms with Crippen molar-refractivity contribution in [1.82, 2.24) is 15.1 Å². The summed E-state index contributed by atoms with van der Waals surface area (Å²) in [7, 11) is 3.26. The number of piperidine rings is 2. The van der Waals surface area contributed by atoms with Crippen LogP contribution in [0.1, 0.15) is 32.1 Å². The molecule has 2 fully saturated rings. The van der Waals surface area contributed by atoms with E-state index in [-0.39, 0.29) is 6.04 Å². The highest BCUT2D eigenvalue weighted by molar-refractivity contribution is 5.94. The number of carbonyl (C=O) groups is 1. The molecule has 7 nitrogen and oxygen atoms in total. The summed E-state index contributed by atoms with van der Waals surface area (Å²) in [5.41, 5.74) is 0. The number of likely N-dealkylation sites (tertiary alicyclic amines) is 1. The van der Waals surface area contributed by atoms with Gasteiger partial charge in [0.1, 0.15) is 0 Å². The Labute approximate surface area is 159 Å². The Kier molecular flexibility index (Phi) is 5.01. The highest BCUT2D eigenvalue weighted by Gasteiger charge is 2.31. The van der Waals surface area contributed by atoms with Gasteiger partial charge in [0, 0.05) is 42.9 Å². The van der Waals surface area contributed by atoms with Gasteiger partial charge in [-0.15, -0.1) is 5.10 Å². The second-order valence-electron chi connectivity index (χ2n) is 7.25. The van der Waals surface area contributed by atoms with E-state index >= 15 is 0 Å². The predicted molar refractivity (Wildman–Crippen MR) is 103 cm³/mol. The molecule has 0 aliphatic carbocycles. The molecule has 0 N–H and O–H groups in total. The fourth-order valence-electron chi connectivity index (χ4n) is 4.24. The molecular formula is C20H26N4O3. The molecule has 1 aromatic carbocycles. The molecule has 7 heteroatoms. The van der Waals surface area contributed by atoms with Gasteiger partial charge in [0.05, 0.1) is 20.4 Å². The first-order valence-corrected chi connectivity index (χ1v) is 9.63. The molecule has 2 aliphatic heterocycles. The molecule has 2 aromatic rings. The summed E-state index contributed by atoms with van der Waals surface area (Å²) < 4.78 is 10.9. The molecule has 3 heterocycles. The summed E-state index contributed by atoms with van der Waals surface area (Å²) >= 11 is 0. The van der Waals surface area contributed by atoms with Crippen LogP contribution in [0.5, 0.6) is 11.5 Å². The Morgan fingerprint density at radius 1 is 1.07 bits per heavy atom. The Morgan fingerprint density at radius 3 is 2.67 bits per heavy atom. The van der Waals surface area contributed by atoms with E-state index in [2.05, 4.69) is 20.0 Å². The highest BCUT2D eigenvalue weighted by atomic mass is 16.5. The van der Waals surface area contributed by atoms with Crippen LogP contribution < -0.4 is 14.4 Å². The van der Waals surface area contributed by atoms with Gasteiger partial charge in [-0.25, -0.2) is 0 Å². The number of carbonyl (C=O) groups excluding carboxylic acids is 1. The number of ether oxygens (including phenoxy) is 2. The summed E-state index contributed by atoms with van der Waals surface area (Å²) in [6.45, 7) is 2.60. The highest BCUT2D eigenvalue weighted by Crippen LogP contribution is 2.36. The Balaban J connectivity index is 1.66. The van der Waals surface area contributed by atoms with Gasteiger partial charge >= 0.3 is 0 Å². The third-order valence-electron chi connectivity index (χ3n) is 5.64. The van der Waals surface area contributed by atoms with Crippen LogP contribution in [0.4, 0.5) is 5.82 Å². The van der Waals surface area contributed by atoms with Gasteiger partial charge in [-0.2, -0.15) is 5.10 Å². The van der Waals surface area contributed by atoms with Crippen LogP contribution in [0.3, 0.4) is 0 Å². The van der Waals surface area contributed by atoms with E-state index in [1.807, 2.05) is 12.1 Å². The third kappa shape index (κ3) is 3.38. The second kappa shape index (κ2) is 7.58. The quantitative estimate of drug-likeness (QED) is 0.824. The average molecular weight is 370 g/mol.